The number of carbonyl (C=O) groups is 1. The summed E-state index contributed by atoms with van der Waals surface area (Å²) in [5.41, 5.74) is 4.77. The molecule has 0 radical (unpaired) electrons. The lowest BCUT2D eigenvalue weighted by Crippen LogP contribution is -2.45. The number of rotatable bonds is 12. The fourth-order valence-corrected chi connectivity index (χ4v) is 5.92. The minimum atomic E-state index is -0.216. The third-order valence-electron chi connectivity index (χ3n) is 8.06. The number of benzene rings is 2. The highest BCUT2D eigenvalue weighted by atomic mass is 16.5. The Bertz CT molecular complexity index is 1120. The summed E-state index contributed by atoms with van der Waals surface area (Å²) in [7, 11) is 0. The first-order valence-electron chi connectivity index (χ1n) is 14.5. The van der Waals surface area contributed by atoms with Crippen molar-refractivity contribution in [2.45, 2.75) is 97.0 Å². The van der Waals surface area contributed by atoms with Gasteiger partial charge in [-0.1, -0.05) is 43.5 Å². The van der Waals surface area contributed by atoms with Crippen LogP contribution < -0.4 is 14.8 Å². The highest BCUT2D eigenvalue weighted by Gasteiger charge is 2.45. The lowest BCUT2D eigenvalue weighted by Gasteiger charge is -2.46. The molecule has 1 aliphatic carbocycles. The number of hydrogen-bond acceptors (Lipinski definition) is 4. The Kier molecular flexibility index (Phi) is 9.40. The summed E-state index contributed by atoms with van der Waals surface area (Å²) in [5.74, 6) is 2.91. The number of allylic oxidation sites excluding steroid dienone is 2. The normalized spacial score (nSPS) is 19.5. The van der Waals surface area contributed by atoms with Gasteiger partial charge < -0.3 is 19.9 Å². The third kappa shape index (κ3) is 7.12. The number of aryl methyl sites for hydroxylation is 1. The summed E-state index contributed by atoms with van der Waals surface area (Å²) in [6.07, 6.45) is 11.1. The fourth-order valence-electron chi connectivity index (χ4n) is 5.92. The van der Waals surface area contributed by atoms with Crippen LogP contribution in [-0.4, -0.2) is 29.8 Å². The van der Waals surface area contributed by atoms with Gasteiger partial charge in [0.2, 0.25) is 5.91 Å². The summed E-state index contributed by atoms with van der Waals surface area (Å²) in [5, 5.41) is 12.4. The van der Waals surface area contributed by atoms with Crippen LogP contribution >= 0.6 is 0 Å². The van der Waals surface area contributed by atoms with Gasteiger partial charge in [-0.3, -0.25) is 4.79 Å². The minimum absolute atomic E-state index is 0.0405. The molecule has 0 saturated heterocycles. The highest BCUT2D eigenvalue weighted by Crippen LogP contribution is 2.53. The van der Waals surface area contributed by atoms with Gasteiger partial charge in [0, 0.05) is 30.4 Å². The van der Waals surface area contributed by atoms with Gasteiger partial charge >= 0.3 is 0 Å². The lowest BCUT2D eigenvalue weighted by molar-refractivity contribution is -0.121. The van der Waals surface area contributed by atoms with Gasteiger partial charge in [-0.25, -0.2) is 0 Å². The molecule has 2 N–H and O–H groups in total. The van der Waals surface area contributed by atoms with E-state index < -0.39 is 0 Å². The molecule has 4 rings (SSSR count). The number of hydrogen-bond donors (Lipinski definition) is 2. The van der Waals surface area contributed by atoms with Crippen molar-refractivity contribution in [3.05, 3.63) is 64.7 Å². The highest BCUT2D eigenvalue weighted by molar-refractivity contribution is 5.75. The van der Waals surface area contributed by atoms with E-state index >= 15 is 0 Å². The summed E-state index contributed by atoms with van der Waals surface area (Å²) in [6.45, 7) is 10.0. The second-order valence-corrected chi connectivity index (χ2v) is 11.6. The molecule has 5 heteroatoms. The van der Waals surface area contributed by atoms with Gasteiger partial charge in [-0.15, -0.1) is 0 Å². The van der Waals surface area contributed by atoms with Crippen LogP contribution in [0.3, 0.4) is 0 Å². The van der Waals surface area contributed by atoms with E-state index in [0.29, 0.717) is 37.8 Å². The molecule has 1 amide bonds. The Morgan fingerprint density at radius 2 is 1.89 bits per heavy atom. The minimum Gasteiger partial charge on any atom is -0.508 e. The Morgan fingerprint density at radius 3 is 2.66 bits per heavy atom. The third-order valence-corrected chi connectivity index (χ3v) is 8.06. The zero-order chi connectivity index (χ0) is 27.1. The molecule has 2 aromatic carbocycles. The van der Waals surface area contributed by atoms with E-state index in [0.717, 1.165) is 49.2 Å². The smallest absolute Gasteiger partial charge is 0.220 e. The largest absolute Gasteiger partial charge is 0.508 e. The maximum Gasteiger partial charge on any atom is 0.220 e. The molecular formula is C33H45NO4. The maximum absolute atomic E-state index is 12.4. The Labute approximate surface area is 228 Å². The van der Waals surface area contributed by atoms with Crippen LogP contribution in [0.15, 0.2) is 48.0 Å². The quantitative estimate of drug-likeness (QED) is 0.229. The Morgan fingerprint density at radius 1 is 1.11 bits per heavy atom. The van der Waals surface area contributed by atoms with Crippen LogP contribution in [-0.2, 0) is 17.6 Å². The van der Waals surface area contributed by atoms with E-state index in [1.807, 2.05) is 12.1 Å². The number of phenols is 1. The van der Waals surface area contributed by atoms with Gasteiger partial charge in [0.15, 0.2) is 0 Å². The standard InChI is InChI=1S/C33H45NO4/c1-5-6-7-9-25-21-29(32-27-20-23(2)11-16-28(27)33(3,4)38-30(32)22-25)37-19-8-10-31(36)34-18-17-24-12-14-26(35)15-13-24/h12-15,20-22,27-28,35H,5-11,16-19H2,1-4H3,(H,34,36)/t27-,28-/m1/s1. The van der Waals surface area contributed by atoms with Crippen molar-refractivity contribution in [1.29, 1.82) is 0 Å². The number of fused-ring (bicyclic) bond motifs is 3. The first-order valence-corrected chi connectivity index (χ1v) is 14.5. The van der Waals surface area contributed by atoms with E-state index in [9.17, 15) is 9.90 Å². The topological polar surface area (TPSA) is 67.8 Å². The van der Waals surface area contributed by atoms with Crippen LogP contribution in [0.5, 0.6) is 17.2 Å². The van der Waals surface area contributed by atoms with Gasteiger partial charge in [-0.05, 0) is 94.7 Å². The van der Waals surface area contributed by atoms with Crippen molar-refractivity contribution in [2.24, 2.45) is 5.92 Å². The summed E-state index contributed by atoms with van der Waals surface area (Å²) in [6, 6.07) is 11.6. The van der Waals surface area contributed by atoms with Crippen molar-refractivity contribution in [3.63, 3.8) is 0 Å². The molecule has 38 heavy (non-hydrogen) atoms. The van der Waals surface area contributed by atoms with Crippen LogP contribution in [0, 0.1) is 5.92 Å². The van der Waals surface area contributed by atoms with E-state index in [4.69, 9.17) is 9.47 Å². The average Bonchev–Trinajstić information content (AvgIpc) is 2.87. The molecule has 0 aromatic heterocycles. The predicted molar refractivity (Wildman–Crippen MR) is 153 cm³/mol. The predicted octanol–water partition coefficient (Wildman–Crippen LogP) is 7.25. The maximum atomic E-state index is 12.4. The molecule has 1 aliphatic heterocycles. The molecular weight excluding hydrogens is 474 g/mol. The fraction of sp³-hybridized carbons (Fsp3) is 0.545. The van der Waals surface area contributed by atoms with Crippen LogP contribution in [0.4, 0.5) is 0 Å². The molecule has 1 heterocycles. The van der Waals surface area contributed by atoms with Crippen LogP contribution in [0.25, 0.3) is 0 Å². The number of phenolic OH excluding ortho intramolecular Hbond substituents is 1. The first-order chi connectivity index (χ1) is 18.3. The summed E-state index contributed by atoms with van der Waals surface area (Å²) < 4.78 is 13.1. The summed E-state index contributed by atoms with van der Waals surface area (Å²) in [4.78, 5) is 12.4. The molecule has 2 atom stereocenters. The molecule has 0 spiro atoms. The Balaban J connectivity index is 1.39. The van der Waals surface area contributed by atoms with Gasteiger partial charge in [0.05, 0.1) is 6.61 Å². The van der Waals surface area contributed by atoms with Crippen molar-refractivity contribution in [1.82, 2.24) is 5.32 Å². The zero-order valence-corrected chi connectivity index (χ0v) is 23.6. The van der Waals surface area contributed by atoms with Crippen LogP contribution in [0.1, 0.15) is 95.2 Å². The first kappa shape index (κ1) is 28.1. The Hall–Kier alpha value is -2.95. The van der Waals surface area contributed by atoms with Crippen molar-refractivity contribution < 1.29 is 19.4 Å². The van der Waals surface area contributed by atoms with Gasteiger partial charge in [0.25, 0.3) is 0 Å². The van der Waals surface area contributed by atoms with E-state index in [2.05, 4.69) is 51.2 Å². The van der Waals surface area contributed by atoms with E-state index in [-0.39, 0.29) is 17.3 Å². The van der Waals surface area contributed by atoms with Crippen LogP contribution in [0.2, 0.25) is 0 Å². The molecule has 2 aromatic rings. The second-order valence-electron chi connectivity index (χ2n) is 11.6. The van der Waals surface area contributed by atoms with E-state index in [1.54, 1.807) is 12.1 Å². The SMILES string of the molecule is CCCCCc1cc(OCCCC(=O)NCCc2ccc(O)cc2)c2c(c1)OC(C)(C)[C@@H]1CCC(C)=C[C@@H]21. The summed E-state index contributed by atoms with van der Waals surface area (Å²) >= 11 is 0. The second kappa shape index (κ2) is 12.7. The molecule has 5 nitrogen and oxygen atoms in total. The van der Waals surface area contributed by atoms with Crippen molar-refractivity contribution in [3.8, 4) is 17.2 Å². The molecule has 0 unspecified atom stereocenters. The van der Waals surface area contributed by atoms with Gasteiger partial charge in [-0.2, -0.15) is 0 Å². The van der Waals surface area contributed by atoms with Crippen molar-refractivity contribution >= 4 is 5.91 Å². The average molecular weight is 520 g/mol. The lowest BCUT2D eigenvalue weighted by atomic mass is 9.68. The molecule has 206 valence electrons. The number of carbonyl (C=O) groups excluding carboxylic acids is 1. The monoisotopic (exact) mass is 519 g/mol. The molecule has 2 aliphatic rings. The van der Waals surface area contributed by atoms with Crippen molar-refractivity contribution in [2.75, 3.05) is 13.2 Å². The molecule has 0 bridgehead atoms. The number of nitrogens with one attached hydrogen (secondary N) is 1. The van der Waals surface area contributed by atoms with E-state index in [1.165, 1.54) is 29.5 Å². The number of ether oxygens (including phenoxy) is 2. The number of unbranched alkanes of at least 4 members (excludes halogenated alkanes) is 2. The zero-order valence-electron chi connectivity index (χ0n) is 23.6. The molecule has 0 saturated carbocycles. The molecule has 0 fully saturated rings. The number of aromatic hydroxyl groups is 1. The van der Waals surface area contributed by atoms with Gasteiger partial charge in [0.1, 0.15) is 22.8 Å². The number of amides is 1.